The highest BCUT2D eigenvalue weighted by atomic mass is 16.7. The fourth-order valence-corrected chi connectivity index (χ4v) is 3.18. The molecule has 2 aromatic rings. The summed E-state index contributed by atoms with van der Waals surface area (Å²) in [6.45, 7) is 1.39. The zero-order valence-electron chi connectivity index (χ0n) is 11.7. The van der Waals surface area contributed by atoms with Crippen molar-refractivity contribution in [2.24, 2.45) is 0 Å². The van der Waals surface area contributed by atoms with Gasteiger partial charge in [-0.2, -0.15) is 0 Å². The SMILES string of the molecule is O=c1ccc2ccc(C3=CCC4(CC3)OCCO4)cc2[nH]1. The van der Waals surface area contributed by atoms with E-state index >= 15 is 0 Å². The fraction of sp³-hybridized carbons (Fsp3) is 0.353. The molecule has 1 spiro atoms. The maximum absolute atomic E-state index is 11.4. The Balaban J connectivity index is 1.67. The third-order valence-corrected chi connectivity index (χ3v) is 4.34. The molecule has 1 N–H and O–H groups in total. The minimum atomic E-state index is -0.380. The Morgan fingerprint density at radius 1 is 1.10 bits per heavy atom. The molecular formula is C17H17NO3. The number of aromatic amines is 1. The van der Waals surface area contributed by atoms with Gasteiger partial charge in [0.25, 0.3) is 0 Å². The zero-order chi connectivity index (χ0) is 14.3. The summed E-state index contributed by atoms with van der Waals surface area (Å²) in [5.41, 5.74) is 3.28. The van der Waals surface area contributed by atoms with Crippen molar-refractivity contribution in [2.45, 2.75) is 25.0 Å². The molecule has 4 rings (SSSR count). The molecule has 0 bridgehead atoms. The topological polar surface area (TPSA) is 51.3 Å². The van der Waals surface area contributed by atoms with E-state index in [0.29, 0.717) is 13.2 Å². The van der Waals surface area contributed by atoms with Gasteiger partial charge in [-0.15, -0.1) is 0 Å². The van der Waals surface area contributed by atoms with Crippen LogP contribution in [0.4, 0.5) is 0 Å². The molecule has 1 aliphatic heterocycles. The van der Waals surface area contributed by atoms with Gasteiger partial charge < -0.3 is 14.5 Å². The average molecular weight is 283 g/mol. The van der Waals surface area contributed by atoms with Gasteiger partial charge in [-0.3, -0.25) is 4.79 Å². The van der Waals surface area contributed by atoms with Crippen molar-refractivity contribution in [3.05, 3.63) is 52.3 Å². The highest BCUT2D eigenvalue weighted by Crippen LogP contribution is 2.38. The lowest BCUT2D eigenvalue weighted by Crippen LogP contribution is -2.31. The number of hydrogen-bond donors (Lipinski definition) is 1. The van der Waals surface area contributed by atoms with Crippen LogP contribution in [0.15, 0.2) is 41.2 Å². The summed E-state index contributed by atoms with van der Waals surface area (Å²) < 4.78 is 11.5. The van der Waals surface area contributed by atoms with Crippen molar-refractivity contribution >= 4 is 16.5 Å². The zero-order valence-corrected chi connectivity index (χ0v) is 11.7. The second-order valence-corrected chi connectivity index (χ2v) is 5.67. The number of fused-ring (bicyclic) bond motifs is 1. The highest BCUT2D eigenvalue weighted by molar-refractivity contribution is 5.83. The molecular weight excluding hydrogens is 266 g/mol. The number of benzene rings is 1. The molecule has 1 saturated heterocycles. The summed E-state index contributed by atoms with van der Waals surface area (Å²) in [5, 5.41) is 1.05. The molecule has 21 heavy (non-hydrogen) atoms. The van der Waals surface area contributed by atoms with Crippen molar-refractivity contribution in [1.82, 2.24) is 4.98 Å². The first-order chi connectivity index (χ1) is 10.2. The van der Waals surface area contributed by atoms with E-state index in [2.05, 4.69) is 23.2 Å². The Morgan fingerprint density at radius 2 is 1.90 bits per heavy atom. The van der Waals surface area contributed by atoms with Crippen molar-refractivity contribution < 1.29 is 9.47 Å². The van der Waals surface area contributed by atoms with Gasteiger partial charge in [-0.05, 0) is 35.1 Å². The molecule has 1 aliphatic carbocycles. The van der Waals surface area contributed by atoms with Crippen molar-refractivity contribution in [3.8, 4) is 0 Å². The summed E-state index contributed by atoms with van der Waals surface area (Å²) in [5.74, 6) is -0.380. The number of aromatic nitrogens is 1. The van der Waals surface area contributed by atoms with Gasteiger partial charge in [0.1, 0.15) is 0 Å². The van der Waals surface area contributed by atoms with Gasteiger partial charge in [-0.25, -0.2) is 0 Å². The van der Waals surface area contributed by atoms with E-state index in [1.54, 1.807) is 6.07 Å². The lowest BCUT2D eigenvalue weighted by Gasteiger charge is -2.30. The summed E-state index contributed by atoms with van der Waals surface area (Å²) >= 11 is 0. The first-order valence-corrected chi connectivity index (χ1v) is 7.35. The van der Waals surface area contributed by atoms with Crippen molar-refractivity contribution in [1.29, 1.82) is 0 Å². The van der Waals surface area contributed by atoms with Gasteiger partial charge >= 0.3 is 0 Å². The second kappa shape index (κ2) is 4.83. The molecule has 0 unspecified atom stereocenters. The van der Waals surface area contributed by atoms with Gasteiger partial charge in [-0.1, -0.05) is 18.2 Å². The smallest absolute Gasteiger partial charge is 0.248 e. The minimum Gasteiger partial charge on any atom is -0.347 e. The number of pyridine rings is 1. The van der Waals surface area contributed by atoms with Gasteiger partial charge in [0.15, 0.2) is 5.79 Å². The van der Waals surface area contributed by atoms with Crippen LogP contribution in [-0.2, 0) is 9.47 Å². The van der Waals surface area contributed by atoms with Crippen molar-refractivity contribution in [3.63, 3.8) is 0 Å². The third kappa shape index (κ3) is 2.30. The number of rotatable bonds is 1. The predicted molar refractivity (Wildman–Crippen MR) is 81.0 cm³/mol. The van der Waals surface area contributed by atoms with E-state index in [0.717, 1.165) is 35.7 Å². The van der Waals surface area contributed by atoms with Crippen LogP contribution >= 0.6 is 0 Å². The maximum Gasteiger partial charge on any atom is 0.248 e. The normalized spacial score (nSPS) is 20.9. The Kier molecular flexibility index (Phi) is 2.94. The number of nitrogens with one attached hydrogen (secondary N) is 1. The van der Waals surface area contributed by atoms with Crippen LogP contribution in [-0.4, -0.2) is 24.0 Å². The van der Waals surface area contributed by atoms with Crippen molar-refractivity contribution in [2.75, 3.05) is 13.2 Å². The van der Waals surface area contributed by atoms with Crippen LogP contribution in [0.25, 0.3) is 16.5 Å². The third-order valence-electron chi connectivity index (χ3n) is 4.34. The largest absolute Gasteiger partial charge is 0.347 e. The Bertz CT molecular complexity index is 769. The van der Waals surface area contributed by atoms with E-state index in [1.807, 2.05) is 12.1 Å². The molecule has 0 saturated carbocycles. The molecule has 0 radical (unpaired) electrons. The molecule has 0 amide bonds. The van der Waals surface area contributed by atoms with E-state index < -0.39 is 0 Å². The second-order valence-electron chi connectivity index (χ2n) is 5.67. The summed E-state index contributed by atoms with van der Waals surface area (Å²) in [7, 11) is 0. The molecule has 2 aliphatic rings. The fourth-order valence-electron chi connectivity index (χ4n) is 3.18. The van der Waals surface area contributed by atoms with Gasteiger partial charge in [0.05, 0.1) is 13.2 Å². The Labute approximate surface area is 122 Å². The van der Waals surface area contributed by atoms with Crippen LogP contribution in [0.1, 0.15) is 24.8 Å². The molecule has 4 heteroatoms. The molecule has 0 atom stereocenters. The monoisotopic (exact) mass is 283 g/mol. The maximum atomic E-state index is 11.4. The van der Waals surface area contributed by atoms with E-state index in [4.69, 9.17) is 9.47 Å². The number of ether oxygens (including phenoxy) is 2. The molecule has 4 nitrogen and oxygen atoms in total. The first-order valence-electron chi connectivity index (χ1n) is 7.35. The standard InChI is InChI=1S/C17H17NO3/c19-16-4-3-13-1-2-14(11-15(13)18-16)12-5-7-17(8-6-12)20-9-10-21-17/h1-5,11H,6-10H2,(H,18,19). The summed E-state index contributed by atoms with van der Waals surface area (Å²) in [6.07, 6.45) is 4.83. The van der Waals surface area contributed by atoms with E-state index in [-0.39, 0.29) is 11.3 Å². The number of H-pyrrole nitrogens is 1. The quantitative estimate of drug-likeness (QED) is 0.875. The van der Waals surface area contributed by atoms with Crippen LogP contribution in [0.2, 0.25) is 0 Å². The number of hydrogen-bond acceptors (Lipinski definition) is 3. The predicted octanol–water partition coefficient (Wildman–Crippen LogP) is 2.84. The lowest BCUT2D eigenvalue weighted by atomic mass is 9.89. The van der Waals surface area contributed by atoms with Gasteiger partial charge in [0.2, 0.25) is 5.56 Å². The molecule has 1 aromatic heterocycles. The van der Waals surface area contributed by atoms with Crippen LogP contribution in [0, 0.1) is 0 Å². The summed E-state index contributed by atoms with van der Waals surface area (Å²) in [4.78, 5) is 14.3. The van der Waals surface area contributed by atoms with E-state index in [9.17, 15) is 4.79 Å². The average Bonchev–Trinajstić information content (AvgIpc) is 2.95. The summed E-state index contributed by atoms with van der Waals surface area (Å²) in [6, 6.07) is 9.62. The minimum absolute atomic E-state index is 0.0658. The molecule has 1 fully saturated rings. The number of allylic oxidation sites excluding steroid dienone is 1. The Hall–Kier alpha value is -1.91. The molecule has 2 heterocycles. The lowest BCUT2D eigenvalue weighted by molar-refractivity contribution is -0.159. The first kappa shape index (κ1) is 12.8. The van der Waals surface area contributed by atoms with Crippen LogP contribution in [0.5, 0.6) is 0 Å². The van der Waals surface area contributed by atoms with Gasteiger partial charge in [0, 0.05) is 24.4 Å². The van der Waals surface area contributed by atoms with Crippen LogP contribution in [0.3, 0.4) is 0 Å². The van der Waals surface area contributed by atoms with Crippen LogP contribution < -0.4 is 5.56 Å². The molecule has 108 valence electrons. The Morgan fingerprint density at radius 3 is 2.67 bits per heavy atom. The van der Waals surface area contributed by atoms with E-state index in [1.165, 1.54) is 5.57 Å². The molecule has 1 aromatic carbocycles. The highest BCUT2D eigenvalue weighted by Gasteiger charge is 2.37.